The van der Waals surface area contributed by atoms with Crippen LogP contribution < -0.4 is 10.4 Å². The Bertz CT molecular complexity index is 1050. The summed E-state index contributed by atoms with van der Waals surface area (Å²) in [5, 5.41) is 28.2. The van der Waals surface area contributed by atoms with Gasteiger partial charge in [0.05, 0.1) is 21.9 Å². The van der Waals surface area contributed by atoms with Gasteiger partial charge in [0.1, 0.15) is 0 Å². The van der Waals surface area contributed by atoms with Crippen molar-refractivity contribution in [1.29, 1.82) is 0 Å². The number of carbonyl (C=O) groups is 1. The topological polar surface area (TPSA) is 108 Å². The van der Waals surface area contributed by atoms with Gasteiger partial charge in [0, 0.05) is 23.7 Å². The van der Waals surface area contributed by atoms with E-state index in [-0.39, 0.29) is 28.1 Å². The first-order valence-corrected chi connectivity index (χ1v) is 9.58. The van der Waals surface area contributed by atoms with Gasteiger partial charge in [0.25, 0.3) is 5.69 Å². The van der Waals surface area contributed by atoms with E-state index < -0.39 is 16.7 Å². The highest BCUT2D eigenvalue weighted by molar-refractivity contribution is 6.30. The van der Waals surface area contributed by atoms with Gasteiger partial charge in [0.15, 0.2) is 0 Å². The third kappa shape index (κ3) is 4.46. The van der Waals surface area contributed by atoms with Crippen LogP contribution in [0.25, 0.3) is 10.9 Å². The Balaban J connectivity index is 2.17. The van der Waals surface area contributed by atoms with E-state index in [1.807, 2.05) is 6.92 Å². The predicted molar refractivity (Wildman–Crippen MR) is 109 cm³/mol. The average molecular weight is 413 g/mol. The minimum atomic E-state index is -0.853. The van der Waals surface area contributed by atoms with Crippen LogP contribution in [0.1, 0.15) is 43.4 Å². The van der Waals surface area contributed by atoms with Crippen LogP contribution in [0.4, 0.5) is 5.69 Å². The molecule has 1 N–H and O–H groups in total. The highest BCUT2D eigenvalue weighted by Gasteiger charge is 2.23. The molecule has 0 aliphatic carbocycles. The SMILES string of the molecule is CCCCC(=O)N[C@H](c1ccc(Cl)cc1)c1cc([N+](=O)[O-])c2cccnc2c1[O-]. The number of aromatic nitrogens is 1. The second-order valence-electron chi connectivity index (χ2n) is 6.63. The lowest BCUT2D eigenvalue weighted by Gasteiger charge is -2.25. The summed E-state index contributed by atoms with van der Waals surface area (Å²) in [4.78, 5) is 27.5. The van der Waals surface area contributed by atoms with E-state index in [0.717, 1.165) is 6.42 Å². The van der Waals surface area contributed by atoms with Crippen LogP contribution in [0.3, 0.4) is 0 Å². The van der Waals surface area contributed by atoms with Crippen molar-refractivity contribution in [1.82, 2.24) is 10.3 Å². The number of nitro benzene ring substituents is 1. The fraction of sp³-hybridized carbons (Fsp3) is 0.238. The van der Waals surface area contributed by atoms with Crippen molar-refractivity contribution in [3.05, 3.63) is 74.9 Å². The molecule has 1 heterocycles. The van der Waals surface area contributed by atoms with Crippen LogP contribution in [-0.2, 0) is 4.79 Å². The van der Waals surface area contributed by atoms with Crippen molar-refractivity contribution in [3.63, 3.8) is 0 Å². The average Bonchev–Trinajstić information content (AvgIpc) is 2.72. The number of hydrogen-bond acceptors (Lipinski definition) is 5. The number of carbonyl (C=O) groups excluding carboxylic acids is 1. The third-order valence-electron chi connectivity index (χ3n) is 4.63. The highest BCUT2D eigenvalue weighted by atomic mass is 35.5. The number of hydrogen-bond donors (Lipinski definition) is 1. The number of amides is 1. The van der Waals surface area contributed by atoms with Crippen LogP contribution in [0.5, 0.6) is 5.75 Å². The summed E-state index contributed by atoms with van der Waals surface area (Å²) in [5.74, 6) is -0.697. The Morgan fingerprint density at radius 2 is 2.00 bits per heavy atom. The summed E-state index contributed by atoms with van der Waals surface area (Å²) < 4.78 is 0. The van der Waals surface area contributed by atoms with Gasteiger partial charge in [-0.1, -0.05) is 42.8 Å². The standard InChI is InChI=1S/C21H20ClN3O4/c1-2-3-6-18(26)24-19(13-7-9-14(22)10-8-13)16-12-17(25(28)29)15-5-4-11-23-20(15)21(16)27/h4-5,7-12,19,27H,2-3,6H2,1H3,(H,24,26)/p-1/t19-/m1/s1. The Labute approximate surface area is 172 Å². The fourth-order valence-corrected chi connectivity index (χ4v) is 3.28. The third-order valence-corrected chi connectivity index (χ3v) is 4.88. The van der Waals surface area contributed by atoms with Crippen molar-refractivity contribution >= 4 is 34.1 Å². The zero-order valence-corrected chi connectivity index (χ0v) is 16.5. The number of halogens is 1. The minimum absolute atomic E-state index is 0.00142. The molecule has 0 saturated heterocycles. The zero-order valence-electron chi connectivity index (χ0n) is 15.7. The first-order valence-electron chi connectivity index (χ1n) is 9.20. The monoisotopic (exact) mass is 412 g/mol. The van der Waals surface area contributed by atoms with Gasteiger partial charge in [0.2, 0.25) is 5.91 Å². The van der Waals surface area contributed by atoms with E-state index in [1.165, 1.54) is 24.4 Å². The van der Waals surface area contributed by atoms with E-state index in [1.54, 1.807) is 24.3 Å². The van der Waals surface area contributed by atoms with E-state index in [0.29, 0.717) is 23.4 Å². The molecular weight excluding hydrogens is 394 g/mol. The molecule has 0 saturated carbocycles. The molecule has 150 valence electrons. The smallest absolute Gasteiger partial charge is 0.279 e. The lowest BCUT2D eigenvalue weighted by atomic mass is 9.95. The number of rotatable bonds is 7. The Hall–Kier alpha value is -3.19. The van der Waals surface area contributed by atoms with Gasteiger partial charge >= 0.3 is 0 Å². The van der Waals surface area contributed by atoms with Gasteiger partial charge in [-0.3, -0.25) is 19.9 Å². The summed E-state index contributed by atoms with van der Waals surface area (Å²) in [6.45, 7) is 1.97. The summed E-state index contributed by atoms with van der Waals surface area (Å²) in [6, 6.07) is 10.0. The molecule has 0 bridgehead atoms. The van der Waals surface area contributed by atoms with Gasteiger partial charge in [-0.25, -0.2) is 0 Å². The van der Waals surface area contributed by atoms with E-state index in [4.69, 9.17) is 11.6 Å². The fourth-order valence-electron chi connectivity index (χ4n) is 3.15. The van der Waals surface area contributed by atoms with Crippen molar-refractivity contribution in [2.75, 3.05) is 0 Å². The summed E-state index contributed by atoms with van der Waals surface area (Å²) in [5.41, 5.74) is 0.457. The lowest BCUT2D eigenvalue weighted by molar-refractivity contribution is -0.383. The molecule has 0 aliphatic rings. The predicted octanol–water partition coefficient (Wildman–Crippen LogP) is 4.27. The Morgan fingerprint density at radius 1 is 1.28 bits per heavy atom. The number of non-ortho nitro benzene ring substituents is 1. The number of pyridine rings is 1. The molecule has 0 aliphatic heterocycles. The number of nitrogens with zero attached hydrogens (tertiary/aromatic N) is 2. The van der Waals surface area contributed by atoms with E-state index in [2.05, 4.69) is 10.3 Å². The van der Waals surface area contributed by atoms with Crippen LogP contribution >= 0.6 is 11.6 Å². The van der Waals surface area contributed by atoms with Crippen LogP contribution in [0.15, 0.2) is 48.7 Å². The molecule has 29 heavy (non-hydrogen) atoms. The number of unbranched alkanes of at least 4 members (excludes halogenated alkanes) is 1. The summed E-state index contributed by atoms with van der Waals surface area (Å²) in [7, 11) is 0. The van der Waals surface area contributed by atoms with Gasteiger partial charge < -0.3 is 10.4 Å². The zero-order chi connectivity index (χ0) is 21.0. The molecular formula is C21H19ClN3O4-. The van der Waals surface area contributed by atoms with Crippen LogP contribution in [-0.4, -0.2) is 15.8 Å². The van der Waals surface area contributed by atoms with E-state index in [9.17, 15) is 20.0 Å². The molecule has 1 amide bonds. The maximum absolute atomic E-state index is 13.1. The summed E-state index contributed by atoms with van der Waals surface area (Å²) in [6.07, 6.45) is 3.25. The molecule has 0 spiro atoms. The number of benzene rings is 2. The molecule has 2 aromatic carbocycles. The van der Waals surface area contributed by atoms with Crippen LogP contribution in [0, 0.1) is 10.1 Å². The van der Waals surface area contributed by atoms with Gasteiger partial charge in [-0.05, 0) is 41.8 Å². The van der Waals surface area contributed by atoms with Crippen molar-refractivity contribution in [2.24, 2.45) is 0 Å². The van der Waals surface area contributed by atoms with Gasteiger partial charge in [-0.2, -0.15) is 0 Å². The molecule has 0 radical (unpaired) electrons. The molecule has 3 rings (SSSR count). The molecule has 3 aromatic rings. The van der Waals surface area contributed by atoms with Crippen molar-refractivity contribution in [2.45, 2.75) is 32.2 Å². The largest absolute Gasteiger partial charge is 0.871 e. The first-order chi connectivity index (χ1) is 13.9. The second-order valence-corrected chi connectivity index (χ2v) is 7.06. The number of nitro groups is 1. The summed E-state index contributed by atoms with van der Waals surface area (Å²) >= 11 is 5.96. The molecule has 1 atom stereocenters. The quantitative estimate of drug-likeness (QED) is 0.460. The second kappa shape index (κ2) is 8.87. The molecule has 7 nitrogen and oxygen atoms in total. The maximum Gasteiger partial charge on any atom is 0.279 e. The lowest BCUT2D eigenvalue weighted by Crippen LogP contribution is -2.30. The number of nitrogens with one attached hydrogen (secondary N) is 1. The first kappa shape index (κ1) is 20.5. The van der Waals surface area contributed by atoms with Crippen LogP contribution in [0.2, 0.25) is 5.02 Å². The maximum atomic E-state index is 13.1. The van der Waals surface area contributed by atoms with E-state index >= 15 is 0 Å². The molecule has 1 aromatic heterocycles. The Kier molecular flexibility index (Phi) is 6.29. The Morgan fingerprint density at radius 3 is 2.66 bits per heavy atom. The van der Waals surface area contributed by atoms with Crippen molar-refractivity contribution in [3.8, 4) is 5.75 Å². The number of fused-ring (bicyclic) bond motifs is 1. The molecule has 8 heteroatoms. The molecule has 0 unspecified atom stereocenters. The minimum Gasteiger partial charge on any atom is -0.871 e. The normalized spacial score (nSPS) is 11.9. The van der Waals surface area contributed by atoms with Crippen molar-refractivity contribution < 1.29 is 14.8 Å². The van der Waals surface area contributed by atoms with Gasteiger partial charge in [-0.15, -0.1) is 0 Å². The molecule has 0 fully saturated rings. The highest BCUT2D eigenvalue weighted by Crippen LogP contribution is 2.38.